The van der Waals surface area contributed by atoms with E-state index in [2.05, 4.69) is 52.4 Å². The van der Waals surface area contributed by atoms with Gasteiger partial charge in [-0.2, -0.15) is 0 Å². The molecule has 1 N–H and O–H groups in total. The Morgan fingerprint density at radius 1 is 1.39 bits per heavy atom. The van der Waals surface area contributed by atoms with Crippen LogP contribution >= 0.6 is 15.9 Å². The van der Waals surface area contributed by atoms with E-state index in [0.717, 1.165) is 32.1 Å². The minimum Gasteiger partial charge on any atom is -0.381 e. The summed E-state index contributed by atoms with van der Waals surface area (Å²) in [5.41, 5.74) is 1.40. The second kappa shape index (κ2) is 7.27. The Bertz CT molecular complexity index is 363. The summed E-state index contributed by atoms with van der Waals surface area (Å²) < 4.78 is 6.63. The third-order valence-electron chi connectivity index (χ3n) is 3.65. The minimum atomic E-state index is 0.577. The number of halogens is 1. The molecular weight excluding hydrogens is 290 g/mol. The maximum Gasteiger partial charge on any atom is 0.0469 e. The Balaban J connectivity index is 2.00. The van der Waals surface area contributed by atoms with Crippen molar-refractivity contribution in [3.05, 3.63) is 34.3 Å². The highest BCUT2D eigenvalue weighted by Gasteiger charge is 2.23. The monoisotopic (exact) mass is 311 g/mol. The van der Waals surface area contributed by atoms with Crippen molar-refractivity contribution in [3.63, 3.8) is 0 Å². The third kappa shape index (κ3) is 4.08. The van der Waals surface area contributed by atoms with Crippen molar-refractivity contribution in [1.82, 2.24) is 5.32 Å². The first-order valence-electron chi connectivity index (χ1n) is 6.85. The Labute approximate surface area is 118 Å². The fourth-order valence-corrected chi connectivity index (χ4v) is 3.15. The lowest BCUT2D eigenvalue weighted by Gasteiger charge is -2.31. The van der Waals surface area contributed by atoms with Gasteiger partial charge in [0.2, 0.25) is 0 Å². The van der Waals surface area contributed by atoms with Crippen LogP contribution in [0.2, 0.25) is 0 Å². The Kier molecular flexibility index (Phi) is 5.67. The predicted octanol–water partition coefficient (Wildman–Crippen LogP) is 3.40. The molecule has 2 nitrogen and oxygen atoms in total. The standard InChI is InChI=1S/C15H22BrNO/c1-2-17-15(13-6-8-18-9-7-13)11-12-4-3-5-14(16)10-12/h3-5,10,13,15,17H,2,6-9,11H2,1H3. The second-order valence-electron chi connectivity index (χ2n) is 4.95. The number of ether oxygens (including phenoxy) is 1. The SMILES string of the molecule is CCNC(Cc1cccc(Br)c1)C1CCOCC1. The molecule has 1 saturated heterocycles. The predicted molar refractivity (Wildman–Crippen MR) is 78.9 cm³/mol. The summed E-state index contributed by atoms with van der Waals surface area (Å²) in [5.74, 6) is 0.748. The molecule has 1 aliphatic rings. The molecule has 1 heterocycles. The van der Waals surface area contributed by atoms with Gasteiger partial charge in [0.05, 0.1) is 0 Å². The van der Waals surface area contributed by atoms with Gasteiger partial charge in [0.25, 0.3) is 0 Å². The van der Waals surface area contributed by atoms with E-state index in [1.54, 1.807) is 0 Å². The zero-order chi connectivity index (χ0) is 12.8. The fourth-order valence-electron chi connectivity index (χ4n) is 2.70. The van der Waals surface area contributed by atoms with Crippen LogP contribution in [0.3, 0.4) is 0 Å². The lowest BCUT2D eigenvalue weighted by molar-refractivity contribution is 0.0540. The van der Waals surface area contributed by atoms with Crippen LogP contribution in [-0.2, 0) is 11.2 Å². The smallest absolute Gasteiger partial charge is 0.0469 e. The highest BCUT2D eigenvalue weighted by Crippen LogP contribution is 2.22. The quantitative estimate of drug-likeness (QED) is 0.900. The summed E-state index contributed by atoms with van der Waals surface area (Å²) in [6.45, 7) is 5.07. The van der Waals surface area contributed by atoms with E-state index in [0.29, 0.717) is 6.04 Å². The molecule has 0 aliphatic carbocycles. The van der Waals surface area contributed by atoms with E-state index in [1.807, 2.05) is 0 Å². The average molecular weight is 312 g/mol. The minimum absolute atomic E-state index is 0.577. The summed E-state index contributed by atoms with van der Waals surface area (Å²) >= 11 is 3.55. The van der Waals surface area contributed by atoms with Crippen molar-refractivity contribution in [2.75, 3.05) is 19.8 Å². The topological polar surface area (TPSA) is 21.3 Å². The molecule has 0 amide bonds. The summed E-state index contributed by atoms with van der Waals surface area (Å²) in [7, 11) is 0. The number of nitrogens with one attached hydrogen (secondary N) is 1. The van der Waals surface area contributed by atoms with E-state index in [9.17, 15) is 0 Å². The Hall–Kier alpha value is -0.380. The molecule has 0 spiro atoms. The first-order valence-corrected chi connectivity index (χ1v) is 7.64. The molecular formula is C15H22BrNO. The Morgan fingerprint density at radius 2 is 2.17 bits per heavy atom. The van der Waals surface area contributed by atoms with Gasteiger partial charge in [-0.05, 0) is 49.4 Å². The molecule has 1 atom stereocenters. The molecule has 2 rings (SSSR count). The van der Waals surface area contributed by atoms with Crippen LogP contribution in [0.15, 0.2) is 28.7 Å². The maximum atomic E-state index is 5.46. The first kappa shape index (κ1) is 14.0. The van der Waals surface area contributed by atoms with Crippen molar-refractivity contribution in [2.24, 2.45) is 5.92 Å². The lowest BCUT2D eigenvalue weighted by Crippen LogP contribution is -2.40. The third-order valence-corrected chi connectivity index (χ3v) is 4.14. The summed E-state index contributed by atoms with van der Waals surface area (Å²) in [4.78, 5) is 0. The van der Waals surface area contributed by atoms with E-state index < -0.39 is 0 Å². The highest BCUT2D eigenvalue weighted by atomic mass is 79.9. The largest absolute Gasteiger partial charge is 0.381 e. The van der Waals surface area contributed by atoms with Crippen LogP contribution < -0.4 is 5.32 Å². The number of benzene rings is 1. The van der Waals surface area contributed by atoms with Crippen LogP contribution in [0.4, 0.5) is 0 Å². The fraction of sp³-hybridized carbons (Fsp3) is 0.600. The summed E-state index contributed by atoms with van der Waals surface area (Å²) in [6, 6.07) is 9.22. The Morgan fingerprint density at radius 3 is 2.83 bits per heavy atom. The van der Waals surface area contributed by atoms with Gasteiger partial charge in [0.15, 0.2) is 0 Å². The molecule has 0 radical (unpaired) electrons. The second-order valence-corrected chi connectivity index (χ2v) is 5.86. The molecule has 1 unspecified atom stereocenters. The van der Waals surface area contributed by atoms with Crippen molar-refractivity contribution in [1.29, 1.82) is 0 Å². The zero-order valence-electron chi connectivity index (χ0n) is 11.0. The van der Waals surface area contributed by atoms with Gasteiger partial charge in [0, 0.05) is 23.7 Å². The van der Waals surface area contributed by atoms with E-state index >= 15 is 0 Å². The number of likely N-dealkylation sites (N-methyl/N-ethyl adjacent to an activating group) is 1. The van der Waals surface area contributed by atoms with Gasteiger partial charge in [-0.3, -0.25) is 0 Å². The lowest BCUT2D eigenvalue weighted by atomic mass is 9.87. The molecule has 1 aromatic carbocycles. The van der Waals surface area contributed by atoms with Crippen LogP contribution in [0.5, 0.6) is 0 Å². The van der Waals surface area contributed by atoms with Gasteiger partial charge < -0.3 is 10.1 Å². The van der Waals surface area contributed by atoms with Gasteiger partial charge in [-0.1, -0.05) is 35.0 Å². The van der Waals surface area contributed by atoms with Crippen molar-refractivity contribution >= 4 is 15.9 Å². The van der Waals surface area contributed by atoms with Crippen LogP contribution in [0.25, 0.3) is 0 Å². The van der Waals surface area contributed by atoms with Crippen molar-refractivity contribution < 1.29 is 4.74 Å². The number of rotatable bonds is 5. The van der Waals surface area contributed by atoms with E-state index in [-0.39, 0.29) is 0 Å². The van der Waals surface area contributed by atoms with Crippen LogP contribution in [0.1, 0.15) is 25.3 Å². The van der Waals surface area contributed by atoms with Crippen LogP contribution in [0, 0.1) is 5.92 Å². The molecule has 3 heteroatoms. The highest BCUT2D eigenvalue weighted by molar-refractivity contribution is 9.10. The zero-order valence-corrected chi connectivity index (χ0v) is 12.6. The summed E-state index contributed by atoms with van der Waals surface area (Å²) in [5, 5.41) is 3.65. The van der Waals surface area contributed by atoms with Gasteiger partial charge in [-0.15, -0.1) is 0 Å². The molecule has 0 aromatic heterocycles. The normalized spacial score (nSPS) is 18.8. The molecule has 1 aliphatic heterocycles. The molecule has 0 saturated carbocycles. The first-order chi connectivity index (χ1) is 8.79. The van der Waals surface area contributed by atoms with Crippen molar-refractivity contribution in [2.45, 2.75) is 32.2 Å². The maximum absolute atomic E-state index is 5.46. The average Bonchev–Trinajstić information content (AvgIpc) is 2.39. The number of hydrogen-bond acceptors (Lipinski definition) is 2. The number of hydrogen-bond donors (Lipinski definition) is 1. The molecule has 1 fully saturated rings. The van der Waals surface area contributed by atoms with E-state index in [4.69, 9.17) is 4.74 Å². The molecule has 100 valence electrons. The molecule has 0 bridgehead atoms. The molecule has 18 heavy (non-hydrogen) atoms. The van der Waals surface area contributed by atoms with Gasteiger partial charge in [-0.25, -0.2) is 0 Å². The van der Waals surface area contributed by atoms with Gasteiger partial charge in [0.1, 0.15) is 0 Å². The summed E-state index contributed by atoms with van der Waals surface area (Å²) in [6.07, 6.45) is 3.48. The van der Waals surface area contributed by atoms with E-state index in [1.165, 1.54) is 22.9 Å². The van der Waals surface area contributed by atoms with Crippen molar-refractivity contribution in [3.8, 4) is 0 Å². The molecule has 1 aromatic rings. The van der Waals surface area contributed by atoms with Crippen LogP contribution in [-0.4, -0.2) is 25.8 Å². The van der Waals surface area contributed by atoms with Gasteiger partial charge >= 0.3 is 0 Å².